The Morgan fingerprint density at radius 2 is 0.800 bits per heavy atom. The van der Waals surface area contributed by atoms with E-state index < -0.39 is 120 Å². The quantitative estimate of drug-likeness (QED) is 0.101. The van der Waals surface area contributed by atoms with E-state index in [1.165, 1.54) is 27.9 Å². The van der Waals surface area contributed by atoms with Crippen molar-refractivity contribution in [1.82, 2.24) is 37.2 Å². The van der Waals surface area contributed by atoms with Crippen LogP contribution < -0.4 is 37.2 Å². The maximum atomic E-state index is 13.5. The largest absolute Gasteiger partial charge is 0.467 e. The van der Waals surface area contributed by atoms with Crippen molar-refractivity contribution in [3.05, 3.63) is 0 Å². The molecule has 4 saturated heterocycles. The van der Waals surface area contributed by atoms with Crippen molar-refractivity contribution in [3.8, 4) is 0 Å². The molecule has 0 aromatic carbocycles. The van der Waals surface area contributed by atoms with Crippen LogP contribution in [0.2, 0.25) is 0 Å². The number of alkyl carbamates (subject to hydrolysis) is 1. The van der Waals surface area contributed by atoms with E-state index in [2.05, 4.69) is 37.2 Å². The summed E-state index contributed by atoms with van der Waals surface area (Å²) in [4.78, 5) is 104. The van der Waals surface area contributed by atoms with Gasteiger partial charge in [-0.1, -0.05) is 0 Å². The first-order valence-electron chi connectivity index (χ1n) is 20.7. The predicted molar refractivity (Wildman–Crippen MR) is 210 cm³/mol. The minimum Gasteiger partial charge on any atom is -0.467 e. The maximum Gasteiger partial charge on any atom is 0.407 e. The number of amides is 7. The zero-order valence-electron chi connectivity index (χ0n) is 35.6. The SMILES string of the molecule is COC(=O)[C@H]1OCCC[C@@H]1NC(=O)[C@@H](C)NC(=O)[C@H]1OCCC[C@@H]1NC(=O)[C@@H](C)NC(=O)[C@H]1OCCC[C@@H]1NC(=O)[C@@H](C)NC(=O)[C@H]1OCCC[C@@H]1NC(=O)OC(C)(C)C. The summed E-state index contributed by atoms with van der Waals surface area (Å²) in [6.07, 6.45) is -0.992. The summed E-state index contributed by atoms with van der Waals surface area (Å²) in [7, 11) is 1.23. The van der Waals surface area contributed by atoms with Crippen molar-refractivity contribution in [2.24, 2.45) is 0 Å². The van der Waals surface area contributed by atoms with Gasteiger partial charge in [-0.15, -0.1) is 0 Å². The molecule has 0 unspecified atom stereocenters. The van der Waals surface area contributed by atoms with Gasteiger partial charge in [0.15, 0.2) is 24.4 Å². The lowest BCUT2D eigenvalue weighted by molar-refractivity contribution is -0.160. The second-order valence-corrected chi connectivity index (χ2v) is 16.5. The van der Waals surface area contributed by atoms with Crippen molar-refractivity contribution < 1.29 is 66.8 Å². The topological polar surface area (TPSA) is 276 Å². The number of ether oxygens (including phenoxy) is 6. The van der Waals surface area contributed by atoms with Crippen LogP contribution in [0.15, 0.2) is 0 Å². The lowest BCUT2D eigenvalue weighted by atomic mass is 9.99. The van der Waals surface area contributed by atoms with Crippen LogP contribution >= 0.6 is 0 Å². The molecular weight excluding hydrogens is 790 g/mol. The van der Waals surface area contributed by atoms with E-state index in [1.807, 2.05) is 0 Å². The lowest BCUT2D eigenvalue weighted by Gasteiger charge is -2.34. The van der Waals surface area contributed by atoms with Gasteiger partial charge in [0, 0.05) is 26.4 Å². The molecule has 0 saturated carbocycles. The van der Waals surface area contributed by atoms with E-state index in [1.54, 1.807) is 20.8 Å². The Kier molecular flexibility index (Phi) is 17.9. The molecule has 11 atom stereocenters. The molecule has 0 radical (unpaired) electrons. The number of hydrogen-bond donors (Lipinski definition) is 7. The van der Waals surface area contributed by atoms with Crippen molar-refractivity contribution in [3.63, 3.8) is 0 Å². The molecule has 7 amide bonds. The predicted octanol–water partition coefficient (Wildman–Crippen LogP) is -1.26. The van der Waals surface area contributed by atoms with E-state index in [0.29, 0.717) is 64.6 Å². The van der Waals surface area contributed by atoms with Gasteiger partial charge in [0.25, 0.3) is 17.7 Å². The Morgan fingerprint density at radius 3 is 1.12 bits per heavy atom. The van der Waals surface area contributed by atoms with E-state index in [-0.39, 0.29) is 13.2 Å². The average Bonchev–Trinajstić information content (AvgIpc) is 3.20. The zero-order chi connectivity index (χ0) is 44.1. The molecule has 0 aromatic rings. The minimum atomic E-state index is -1.16. The number of carbonyl (C=O) groups is 8. The zero-order valence-corrected chi connectivity index (χ0v) is 35.6. The Balaban J connectivity index is 1.27. The van der Waals surface area contributed by atoms with Gasteiger partial charge >= 0.3 is 12.1 Å². The summed E-state index contributed by atoms with van der Waals surface area (Å²) in [6, 6.07) is -6.05. The van der Waals surface area contributed by atoms with Gasteiger partial charge in [0.2, 0.25) is 17.7 Å². The highest BCUT2D eigenvalue weighted by molar-refractivity contribution is 5.93. The molecule has 4 heterocycles. The fourth-order valence-corrected chi connectivity index (χ4v) is 7.30. The van der Waals surface area contributed by atoms with E-state index >= 15 is 0 Å². The van der Waals surface area contributed by atoms with Crippen LogP contribution in [-0.4, -0.2) is 153 Å². The van der Waals surface area contributed by atoms with Crippen molar-refractivity contribution >= 4 is 47.5 Å². The number of hydrogen-bond acceptors (Lipinski definition) is 14. The Bertz CT molecular complexity index is 1560. The number of rotatable bonds is 14. The highest BCUT2D eigenvalue weighted by Crippen LogP contribution is 2.20. The molecular formula is C39H63N7O14. The molecule has 21 nitrogen and oxygen atoms in total. The smallest absolute Gasteiger partial charge is 0.407 e. The van der Waals surface area contributed by atoms with Crippen molar-refractivity contribution in [1.29, 1.82) is 0 Å². The van der Waals surface area contributed by atoms with Gasteiger partial charge in [0.1, 0.15) is 23.7 Å². The van der Waals surface area contributed by atoms with Crippen LogP contribution in [0.5, 0.6) is 0 Å². The summed E-state index contributed by atoms with van der Waals surface area (Å²) in [5, 5.41) is 18.9. The fraction of sp³-hybridized carbons (Fsp3) is 0.795. The van der Waals surface area contributed by atoms with Gasteiger partial charge in [-0.2, -0.15) is 0 Å². The first kappa shape index (κ1) is 48.1. The average molecular weight is 854 g/mol. The van der Waals surface area contributed by atoms with Crippen LogP contribution in [0.4, 0.5) is 4.79 Å². The van der Waals surface area contributed by atoms with Crippen LogP contribution in [0.3, 0.4) is 0 Å². The van der Waals surface area contributed by atoms with Crippen LogP contribution in [0, 0.1) is 0 Å². The van der Waals surface area contributed by atoms with Crippen molar-refractivity contribution in [2.45, 2.75) is 165 Å². The van der Waals surface area contributed by atoms with Crippen LogP contribution in [0.25, 0.3) is 0 Å². The molecule has 4 fully saturated rings. The van der Waals surface area contributed by atoms with E-state index in [4.69, 9.17) is 28.4 Å². The van der Waals surface area contributed by atoms with Gasteiger partial charge in [-0.3, -0.25) is 28.8 Å². The van der Waals surface area contributed by atoms with E-state index in [9.17, 15) is 38.4 Å². The Labute approximate surface area is 349 Å². The molecule has 60 heavy (non-hydrogen) atoms. The summed E-state index contributed by atoms with van der Waals surface area (Å²) >= 11 is 0. The fourth-order valence-electron chi connectivity index (χ4n) is 7.30. The third kappa shape index (κ3) is 14.0. The Hall–Kier alpha value is -4.60. The number of carbonyl (C=O) groups excluding carboxylic acids is 8. The molecule has 0 bridgehead atoms. The molecule has 0 aliphatic carbocycles. The second kappa shape index (κ2) is 22.3. The summed E-state index contributed by atoms with van der Waals surface area (Å²) < 4.78 is 32.7. The normalized spacial score (nSPS) is 28.5. The highest BCUT2D eigenvalue weighted by atomic mass is 16.6. The molecule has 4 aliphatic rings. The number of methoxy groups -OCH3 is 1. The third-order valence-electron chi connectivity index (χ3n) is 10.4. The third-order valence-corrected chi connectivity index (χ3v) is 10.4. The first-order chi connectivity index (χ1) is 28.4. The second-order valence-electron chi connectivity index (χ2n) is 16.5. The minimum absolute atomic E-state index is 0.231. The monoisotopic (exact) mass is 853 g/mol. The summed E-state index contributed by atoms with van der Waals surface area (Å²) in [6.45, 7) is 10.7. The Morgan fingerprint density at radius 1 is 0.500 bits per heavy atom. The lowest BCUT2D eigenvalue weighted by Crippen LogP contribution is -2.61. The number of nitrogens with one attached hydrogen (secondary N) is 7. The molecule has 4 rings (SSSR count). The molecule has 338 valence electrons. The summed E-state index contributed by atoms with van der Waals surface area (Å²) in [5.41, 5.74) is -0.741. The molecule has 4 aliphatic heterocycles. The van der Waals surface area contributed by atoms with Crippen molar-refractivity contribution in [2.75, 3.05) is 33.5 Å². The van der Waals surface area contributed by atoms with Gasteiger partial charge < -0.3 is 65.6 Å². The summed E-state index contributed by atoms with van der Waals surface area (Å²) in [5.74, 6) is -4.24. The van der Waals surface area contributed by atoms with Crippen LogP contribution in [-0.2, 0) is 62.0 Å². The molecule has 7 N–H and O–H groups in total. The highest BCUT2D eigenvalue weighted by Gasteiger charge is 2.40. The maximum absolute atomic E-state index is 13.5. The van der Waals surface area contributed by atoms with Gasteiger partial charge in [-0.05, 0) is 92.9 Å². The molecule has 0 aromatic heterocycles. The van der Waals surface area contributed by atoms with Crippen LogP contribution in [0.1, 0.15) is 92.9 Å². The van der Waals surface area contributed by atoms with Gasteiger partial charge in [0.05, 0.1) is 31.3 Å². The first-order valence-corrected chi connectivity index (χ1v) is 20.7. The van der Waals surface area contributed by atoms with E-state index in [0.717, 1.165) is 0 Å². The standard InChI is InChI=1S/C39H63N7O14/c1-20(31(47)43-24-13-9-17-57-28(24)35(51)41-22(3)33(49)45-26-15-11-19-59-30(26)37(53)55-7)40-34(50)27-23(12-8-16-56-27)44-32(48)21(2)42-36(52)29-25(14-10-18-58-29)46-38(54)60-39(4,5)6/h20-30H,8-19H2,1-7H3,(H,40,50)(H,41,51)(H,42,52)(H,43,47)(H,44,48)(H,45,49)(H,46,54)/t20-,21-,22-,23+,24+,25+,26+,27+,28+,29+,30+/m1/s1. The molecule has 0 spiro atoms. The van der Waals surface area contributed by atoms with Gasteiger partial charge in [-0.25, -0.2) is 9.59 Å². The molecule has 21 heteroatoms. The number of esters is 1.